The van der Waals surface area contributed by atoms with E-state index in [-0.39, 0.29) is 5.56 Å². The van der Waals surface area contributed by atoms with Gasteiger partial charge in [-0.05, 0) is 18.9 Å². The van der Waals surface area contributed by atoms with Gasteiger partial charge in [-0.3, -0.25) is 14.6 Å². The van der Waals surface area contributed by atoms with E-state index in [9.17, 15) is 4.79 Å². The highest BCUT2D eigenvalue weighted by Crippen LogP contribution is 2.20. The van der Waals surface area contributed by atoms with Gasteiger partial charge in [0.05, 0.1) is 5.69 Å². The zero-order valence-electron chi connectivity index (χ0n) is 10.6. The van der Waals surface area contributed by atoms with Crippen LogP contribution in [0, 0.1) is 6.92 Å². The van der Waals surface area contributed by atoms with Gasteiger partial charge in [-0.1, -0.05) is 43.2 Å². The molecule has 0 saturated carbocycles. The molecule has 1 aromatic carbocycles. The fraction of sp³-hybridized carbons (Fsp3) is 0.357. The van der Waals surface area contributed by atoms with Gasteiger partial charge in [0, 0.05) is 12.6 Å². The number of benzene rings is 1. The average Bonchev–Trinajstić information content (AvgIpc) is 2.59. The fourth-order valence-electron chi connectivity index (χ4n) is 2.04. The molecule has 2 rings (SSSR count). The standard InChI is InChI=1S/C14H18N2O/c1-4-5-12-13(15-16(3)14(12)17)11-8-6-10(2)7-9-11/h6-9,15H,4-5H2,1-3H3. The summed E-state index contributed by atoms with van der Waals surface area (Å²) in [6.07, 6.45) is 1.80. The van der Waals surface area contributed by atoms with E-state index in [0.29, 0.717) is 0 Å². The molecule has 0 aliphatic heterocycles. The highest BCUT2D eigenvalue weighted by molar-refractivity contribution is 5.63. The third-order valence-electron chi connectivity index (χ3n) is 2.98. The number of hydrogen-bond acceptors (Lipinski definition) is 1. The summed E-state index contributed by atoms with van der Waals surface area (Å²) in [5.74, 6) is 0. The van der Waals surface area contributed by atoms with Crippen LogP contribution in [0.5, 0.6) is 0 Å². The number of hydrogen-bond donors (Lipinski definition) is 1. The van der Waals surface area contributed by atoms with Gasteiger partial charge < -0.3 is 0 Å². The molecule has 0 aliphatic rings. The summed E-state index contributed by atoms with van der Waals surface area (Å²) >= 11 is 0. The van der Waals surface area contributed by atoms with Crippen LogP contribution in [0.4, 0.5) is 0 Å². The molecular formula is C14H18N2O. The van der Waals surface area contributed by atoms with Crippen LogP contribution in [-0.4, -0.2) is 9.78 Å². The zero-order chi connectivity index (χ0) is 12.4. The second kappa shape index (κ2) is 4.62. The maximum absolute atomic E-state index is 12.0. The second-order valence-corrected chi connectivity index (χ2v) is 4.45. The maximum atomic E-state index is 12.0. The van der Waals surface area contributed by atoms with Crippen LogP contribution in [0.25, 0.3) is 11.3 Å². The Hall–Kier alpha value is -1.77. The Bertz CT molecular complexity index is 561. The molecule has 0 amide bonds. The smallest absolute Gasteiger partial charge is 0.270 e. The summed E-state index contributed by atoms with van der Waals surface area (Å²) < 4.78 is 1.56. The minimum Gasteiger partial charge on any atom is -0.295 e. The van der Waals surface area contributed by atoms with Crippen molar-refractivity contribution < 1.29 is 0 Å². The fourth-order valence-corrected chi connectivity index (χ4v) is 2.04. The first kappa shape index (κ1) is 11.7. The van der Waals surface area contributed by atoms with E-state index in [1.165, 1.54) is 5.56 Å². The molecule has 1 aromatic heterocycles. The van der Waals surface area contributed by atoms with Crippen LogP contribution in [0.15, 0.2) is 29.1 Å². The van der Waals surface area contributed by atoms with Crippen LogP contribution in [0.1, 0.15) is 24.5 Å². The van der Waals surface area contributed by atoms with Gasteiger partial charge in [0.15, 0.2) is 0 Å². The molecule has 0 spiro atoms. The molecule has 0 aliphatic carbocycles. The molecule has 1 heterocycles. The lowest BCUT2D eigenvalue weighted by Gasteiger charge is -2.02. The second-order valence-electron chi connectivity index (χ2n) is 4.45. The minimum absolute atomic E-state index is 0.0856. The summed E-state index contributed by atoms with van der Waals surface area (Å²) in [5.41, 5.74) is 4.24. The summed E-state index contributed by atoms with van der Waals surface area (Å²) in [6.45, 7) is 4.15. The highest BCUT2D eigenvalue weighted by atomic mass is 16.1. The number of H-pyrrole nitrogens is 1. The Morgan fingerprint density at radius 1 is 1.24 bits per heavy atom. The van der Waals surface area contributed by atoms with E-state index in [1.807, 2.05) is 0 Å². The molecule has 0 saturated heterocycles. The number of aromatic amines is 1. The predicted octanol–water partition coefficient (Wildman–Crippen LogP) is 2.64. The van der Waals surface area contributed by atoms with E-state index in [0.717, 1.165) is 29.7 Å². The third kappa shape index (κ3) is 2.18. The number of rotatable bonds is 3. The molecule has 0 bridgehead atoms. The van der Waals surface area contributed by atoms with Gasteiger partial charge >= 0.3 is 0 Å². The Morgan fingerprint density at radius 2 is 1.88 bits per heavy atom. The summed E-state index contributed by atoms with van der Waals surface area (Å²) in [4.78, 5) is 12.0. The molecule has 2 aromatic rings. The van der Waals surface area contributed by atoms with E-state index in [4.69, 9.17) is 0 Å². The topological polar surface area (TPSA) is 37.8 Å². The molecule has 0 radical (unpaired) electrons. The van der Waals surface area contributed by atoms with Crippen molar-refractivity contribution in [1.29, 1.82) is 0 Å². The van der Waals surface area contributed by atoms with Crippen molar-refractivity contribution in [2.45, 2.75) is 26.7 Å². The largest absolute Gasteiger partial charge is 0.295 e. The van der Waals surface area contributed by atoms with Crippen LogP contribution in [-0.2, 0) is 13.5 Å². The quantitative estimate of drug-likeness (QED) is 0.864. The number of nitrogens with one attached hydrogen (secondary N) is 1. The molecule has 17 heavy (non-hydrogen) atoms. The van der Waals surface area contributed by atoms with Gasteiger partial charge in [-0.25, -0.2) is 0 Å². The molecule has 0 fully saturated rings. The Kier molecular flexibility index (Phi) is 3.18. The van der Waals surface area contributed by atoms with Crippen molar-refractivity contribution in [2.24, 2.45) is 7.05 Å². The first-order valence-corrected chi connectivity index (χ1v) is 5.98. The van der Waals surface area contributed by atoms with Gasteiger partial charge in [0.25, 0.3) is 5.56 Å². The molecule has 3 heteroatoms. The van der Waals surface area contributed by atoms with Crippen LogP contribution < -0.4 is 5.56 Å². The van der Waals surface area contributed by atoms with Crippen molar-refractivity contribution in [2.75, 3.05) is 0 Å². The third-order valence-corrected chi connectivity index (χ3v) is 2.98. The Balaban J connectivity index is 2.54. The zero-order valence-corrected chi connectivity index (χ0v) is 10.6. The molecule has 90 valence electrons. The first-order chi connectivity index (χ1) is 8.13. The van der Waals surface area contributed by atoms with Crippen molar-refractivity contribution in [3.05, 3.63) is 45.7 Å². The van der Waals surface area contributed by atoms with E-state index in [1.54, 1.807) is 11.7 Å². The van der Waals surface area contributed by atoms with Gasteiger partial charge in [0.2, 0.25) is 0 Å². The average molecular weight is 230 g/mol. The number of aromatic nitrogens is 2. The highest BCUT2D eigenvalue weighted by Gasteiger charge is 2.12. The number of nitrogens with zero attached hydrogens (tertiary/aromatic N) is 1. The van der Waals surface area contributed by atoms with Gasteiger partial charge in [-0.2, -0.15) is 0 Å². The SMILES string of the molecule is CCCc1c(-c2ccc(C)cc2)[nH]n(C)c1=O. The van der Waals surface area contributed by atoms with Crippen LogP contribution >= 0.6 is 0 Å². The number of aryl methyl sites for hydroxylation is 2. The molecule has 0 atom stereocenters. The van der Waals surface area contributed by atoms with Crippen molar-refractivity contribution in [3.63, 3.8) is 0 Å². The molecule has 0 unspecified atom stereocenters. The Morgan fingerprint density at radius 3 is 2.47 bits per heavy atom. The normalized spacial score (nSPS) is 10.8. The summed E-state index contributed by atoms with van der Waals surface area (Å²) in [5, 5.41) is 3.14. The van der Waals surface area contributed by atoms with Gasteiger partial charge in [-0.15, -0.1) is 0 Å². The van der Waals surface area contributed by atoms with Gasteiger partial charge in [0.1, 0.15) is 0 Å². The van der Waals surface area contributed by atoms with Crippen molar-refractivity contribution in [1.82, 2.24) is 9.78 Å². The lowest BCUT2D eigenvalue weighted by atomic mass is 10.0. The first-order valence-electron chi connectivity index (χ1n) is 5.98. The Labute approximate surface area is 101 Å². The molecular weight excluding hydrogens is 212 g/mol. The van der Waals surface area contributed by atoms with Crippen LogP contribution in [0.2, 0.25) is 0 Å². The van der Waals surface area contributed by atoms with Crippen molar-refractivity contribution >= 4 is 0 Å². The predicted molar refractivity (Wildman–Crippen MR) is 70.2 cm³/mol. The van der Waals surface area contributed by atoms with E-state index < -0.39 is 0 Å². The van der Waals surface area contributed by atoms with Crippen molar-refractivity contribution in [3.8, 4) is 11.3 Å². The lowest BCUT2D eigenvalue weighted by molar-refractivity contribution is 0.738. The molecule has 1 N–H and O–H groups in total. The minimum atomic E-state index is 0.0856. The summed E-state index contributed by atoms with van der Waals surface area (Å²) in [6, 6.07) is 8.24. The lowest BCUT2D eigenvalue weighted by Crippen LogP contribution is -2.15. The molecule has 3 nitrogen and oxygen atoms in total. The monoisotopic (exact) mass is 230 g/mol. The summed E-state index contributed by atoms with van der Waals surface area (Å²) in [7, 11) is 1.76. The maximum Gasteiger partial charge on any atom is 0.270 e. The van der Waals surface area contributed by atoms with Crippen LogP contribution in [0.3, 0.4) is 0 Å². The van der Waals surface area contributed by atoms with E-state index in [2.05, 4.69) is 43.2 Å². The van der Waals surface area contributed by atoms with E-state index >= 15 is 0 Å².